The number of aromatic nitrogens is 1. The molecule has 0 atom stereocenters. The molecule has 2 N–H and O–H groups in total. The Labute approximate surface area is 149 Å². The number of methoxy groups -OCH3 is 1. The number of carbonyl (C=O) groups is 1. The molecule has 1 amide bonds. The van der Waals surface area contributed by atoms with Gasteiger partial charge in [-0.15, -0.1) is 0 Å². The molecule has 0 radical (unpaired) electrons. The first-order chi connectivity index (χ1) is 10.9. The van der Waals surface area contributed by atoms with E-state index in [1.54, 1.807) is 18.2 Å². The topological polar surface area (TPSA) is 83.8 Å². The van der Waals surface area contributed by atoms with Gasteiger partial charge in [0.15, 0.2) is 11.5 Å². The minimum atomic E-state index is -0.397. The molecule has 0 unspecified atom stereocenters. The Morgan fingerprint density at radius 2 is 2.17 bits per heavy atom. The number of phenols is 1. The number of aryl methyl sites for hydroxylation is 1. The first-order valence-corrected chi connectivity index (χ1v) is 8.03. The summed E-state index contributed by atoms with van der Waals surface area (Å²) in [6, 6.07) is 5.01. The third-order valence-corrected chi connectivity index (χ3v) is 4.96. The van der Waals surface area contributed by atoms with Gasteiger partial charge in [0, 0.05) is 20.8 Å². The van der Waals surface area contributed by atoms with Crippen molar-refractivity contribution in [2.24, 2.45) is 5.10 Å². The highest BCUT2D eigenvalue weighted by atomic mass is 79.9. The Morgan fingerprint density at radius 3 is 2.78 bits per heavy atom. The molecule has 1 aromatic heterocycles. The quantitative estimate of drug-likeness (QED) is 0.561. The van der Waals surface area contributed by atoms with Crippen molar-refractivity contribution in [1.82, 2.24) is 10.4 Å². The number of hydrazone groups is 1. The summed E-state index contributed by atoms with van der Waals surface area (Å²) >= 11 is 6.68. The zero-order valence-electron chi connectivity index (χ0n) is 12.3. The maximum Gasteiger partial charge on any atom is 0.272 e. The Hall–Kier alpha value is -1.93. The maximum atomic E-state index is 11.9. The molecule has 1 heterocycles. The second-order valence-electron chi connectivity index (χ2n) is 4.52. The standard InChI is InChI=1S/C15H13Br2N3O3/c1-8-3-4-9(6-18-8)15(22)20-19-7-10-13(17)11(16)5-12(23-2)14(10)21/h3-7,21H,1-2H3,(H,20,22)/b19-7-. The molecule has 6 nitrogen and oxygen atoms in total. The summed E-state index contributed by atoms with van der Waals surface area (Å²) in [7, 11) is 1.45. The lowest BCUT2D eigenvalue weighted by atomic mass is 10.2. The number of rotatable bonds is 4. The second kappa shape index (κ2) is 7.56. The van der Waals surface area contributed by atoms with E-state index < -0.39 is 5.91 Å². The van der Waals surface area contributed by atoms with Gasteiger partial charge >= 0.3 is 0 Å². The van der Waals surface area contributed by atoms with Crippen LogP contribution in [-0.2, 0) is 0 Å². The van der Waals surface area contributed by atoms with Crippen LogP contribution in [0, 0.1) is 6.92 Å². The van der Waals surface area contributed by atoms with E-state index >= 15 is 0 Å². The summed E-state index contributed by atoms with van der Waals surface area (Å²) in [5.74, 6) is -0.195. The molecule has 0 bridgehead atoms. The number of amides is 1. The lowest BCUT2D eigenvalue weighted by molar-refractivity contribution is 0.0954. The summed E-state index contributed by atoms with van der Waals surface area (Å²) in [4.78, 5) is 16.0. The molecule has 120 valence electrons. The Bertz CT molecular complexity index is 762. The number of phenolic OH excluding ortho intramolecular Hbond substituents is 1. The smallest absolute Gasteiger partial charge is 0.272 e. The fraction of sp³-hybridized carbons (Fsp3) is 0.133. The van der Waals surface area contributed by atoms with E-state index in [1.807, 2.05) is 6.92 Å². The molecule has 2 aromatic rings. The third-order valence-electron chi connectivity index (χ3n) is 2.95. The monoisotopic (exact) mass is 441 g/mol. The van der Waals surface area contributed by atoms with Crippen LogP contribution in [0.5, 0.6) is 11.5 Å². The molecule has 0 saturated carbocycles. The molecule has 0 aliphatic carbocycles. The number of nitrogens with one attached hydrogen (secondary N) is 1. The van der Waals surface area contributed by atoms with Crippen LogP contribution in [0.1, 0.15) is 21.6 Å². The Kier molecular flexibility index (Phi) is 5.73. The van der Waals surface area contributed by atoms with Gasteiger partial charge in [-0.2, -0.15) is 5.10 Å². The van der Waals surface area contributed by atoms with Gasteiger partial charge in [-0.3, -0.25) is 9.78 Å². The second-order valence-corrected chi connectivity index (χ2v) is 6.17. The zero-order chi connectivity index (χ0) is 17.0. The van der Waals surface area contributed by atoms with Crippen LogP contribution in [0.25, 0.3) is 0 Å². The van der Waals surface area contributed by atoms with Gasteiger partial charge in [-0.05, 0) is 57.0 Å². The molecular weight excluding hydrogens is 430 g/mol. The number of ether oxygens (including phenoxy) is 1. The SMILES string of the molecule is COc1cc(Br)c(Br)c(/C=N\NC(=O)c2ccc(C)nc2)c1O. The molecular formula is C15H13Br2N3O3. The highest BCUT2D eigenvalue weighted by molar-refractivity contribution is 9.13. The van der Waals surface area contributed by atoms with Crippen molar-refractivity contribution in [2.75, 3.05) is 7.11 Å². The maximum absolute atomic E-state index is 11.9. The fourth-order valence-corrected chi connectivity index (χ4v) is 2.53. The lowest BCUT2D eigenvalue weighted by Gasteiger charge is -2.09. The van der Waals surface area contributed by atoms with Crippen molar-refractivity contribution < 1.29 is 14.6 Å². The molecule has 2 rings (SSSR count). The van der Waals surface area contributed by atoms with Crippen LogP contribution in [0.3, 0.4) is 0 Å². The highest BCUT2D eigenvalue weighted by Crippen LogP contribution is 2.39. The molecule has 0 aliphatic rings. The van der Waals surface area contributed by atoms with E-state index in [1.165, 1.54) is 19.5 Å². The predicted octanol–water partition coefficient (Wildman–Crippen LogP) is 3.39. The number of aromatic hydroxyl groups is 1. The number of hydrogen-bond donors (Lipinski definition) is 2. The highest BCUT2D eigenvalue weighted by Gasteiger charge is 2.14. The first-order valence-electron chi connectivity index (χ1n) is 6.45. The molecule has 0 fully saturated rings. The zero-order valence-corrected chi connectivity index (χ0v) is 15.5. The summed E-state index contributed by atoms with van der Waals surface area (Å²) in [6.45, 7) is 1.83. The summed E-state index contributed by atoms with van der Waals surface area (Å²) < 4.78 is 6.34. The number of benzene rings is 1. The van der Waals surface area contributed by atoms with E-state index in [2.05, 4.69) is 47.4 Å². The number of halogens is 2. The van der Waals surface area contributed by atoms with Crippen LogP contribution in [0.4, 0.5) is 0 Å². The van der Waals surface area contributed by atoms with E-state index in [0.717, 1.165) is 5.69 Å². The number of nitrogens with zero attached hydrogens (tertiary/aromatic N) is 2. The van der Waals surface area contributed by atoms with Crippen LogP contribution in [0.2, 0.25) is 0 Å². The van der Waals surface area contributed by atoms with Crippen molar-refractivity contribution in [2.45, 2.75) is 6.92 Å². The van der Waals surface area contributed by atoms with Gasteiger partial charge in [0.1, 0.15) is 0 Å². The van der Waals surface area contributed by atoms with Gasteiger partial charge in [0.05, 0.1) is 24.5 Å². The number of carbonyl (C=O) groups excluding carboxylic acids is 1. The summed E-state index contributed by atoms with van der Waals surface area (Å²) in [5.41, 5.74) is 3.97. The fourth-order valence-electron chi connectivity index (χ4n) is 1.71. The summed E-state index contributed by atoms with van der Waals surface area (Å²) in [5, 5.41) is 14.0. The number of hydrogen-bond acceptors (Lipinski definition) is 5. The number of pyridine rings is 1. The van der Waals surface area contributed by atoms with Gasteiger partial charge in [0.2, 0.25) is 0 Å². The van der Waals surface area contributed by atoms with Gasteiger partial charge in [-0.25, -0.2) is 5.43 Å². The van der Waals surface area contributed by atoms with E-state index in [4.69, 9.17) is 4.74 Å². The van der Waals surface area contributed by atoms with Gasteiger partial charge in [-0.1, -0.05) is 0 Å². The lowest BCUT2D eigenvalue weighted by Crippen LogP contribution is -2.17. The average Bonchev–Trinajstić information content (AvgIpc) is 2.54. The van der Waals surface area contributed by atoms with Crippen molar-refractivity contribution in [3.63, 3.8) is 0 Å². The Balaban J connectivity index is 2.19. The van der Waals surface area contributed by atoms with E-state index in [-0.39, 0.29) is 11.5 Å². The van der Waals surface area contributed by atoms with Crippen molar-refractivity contribution in [3.05, 3.63) is 50.2 Å². The largest absolute Gasteiger partial charge is 0.504 e. The predicted molar refractivity (Wildman–Crippen MR) is 94.1 cm³/mol. The van der Waals surface area contributed by atoms with Crippen molar-refractivity contribution in [1.29, 1.82) is 0 Å². The van der Waals surface area contributed by atoms with Crippen LogP contribution in [-0.4, -0.2) is 29.3 Å². The van der Waals surface area contributed by atoms with Crippen molar-refractivity contribution >= 4 is 44.0 Å². The molecule has 0 aliphatic heterocycles. The molecule has 23 heavy (non-hydrogen) atoms. The van der Waals surface area contributed by atoms with Crippen LogP contribution >= 0.6 is 31.9 Å². The minimum Gasteiger partial charge on any atom is -0.504 e. The molecule has 8 heteroatoms. The average molecular weight is 443 g/mol. The Morgan fingerprint density at radius 1 is 1.43 bits per heavy atom. The summed E-state index contributed by atoms with van der Waals surface area (Å²) in [6.07, 6.45) is 2.79. The van der Waals surface area contributed by atoms with Crippen LogP contribution < -0.4 is 10.2 Å². The van der Waals surface area contributed by atoms with Gasteiger partial charge < -0.3 is 9.84 Å². The van der Waals surface area contributed by atoms with Crippen LogP contribution in [0.15, 0.2) is 38.4 Å². The van der Waals surface area contributed by atoms with E-state index in [9.17, 15) is 9.90 Å². The first kappa shape index (κ1) is 17.4. The molecule has 1 aromatic carbocycles. The van der Waals surface area contributed by atoms with Crippen molar-refractivity contribution in [3.8, 4) is 11.5 Å². The molecule has 0 spiro atoms. The normalized spacial score (nSPS) is 10.8. The minimum absolute atomic E-state index is 0.0856. The van der Waals surface area contributed by atoms with Gasteiger partial charge in [0.25, 0.3) is 5.91 Å². The van der Waals surface area contributed by atoms with E-state index in [0.29, 0.717) is 20.1 Å². The molecule has 0 saturated heterocycles. The third kappa shape index (κ3) is 4.08.